The Bertz CT molecular complexity index is 4710. The maximum absolute atomic E-state index is 11.6. The van der Waals surface area contributed by atoms with Crippen molar-refractivity contribution in [1.82, 2.24) is 64.6 Å². The standard InChI is InChI=1S/C26H29N5O4.C24H26N6O4.C23H25N5O4/c1-33-21-11-20(12-22(14-21)34-2)30(8-9-32)19-6-7-23-24(13-19)29-25(16-27-23)18-15-28-31(17-18)26-5-3-4-10-35-26;1-25-24(32)15-29-14-16(12-27-29)23-13-26-21-5-4-17(10-22(21)28-23)30(6-7-31)18-8-19(33-2)11-20(9-18)34-3;1-27-12-15(10-25-27)23-11-24-21-5-4-16(8-22(21)26-23)28(13-18(30)14-29)17-6-19(31-2)9-20(7-17)32-3/h6-7,11-17,26,32H,3-5,8-10H2,1-2H3;4-5,8-14,31H,6-7,15H2,1-3H3,(H,25,32);4-12,18,29-30H,13-14H2,1-3H3. The number of carbonyl (C=O) groups is 1. The van der Waals surface area contributed by atoms with E-state index in [2.05, 4.69) is 35.6 Å². The first-order valence-electron chi connectivity index (χ1n) is 32.4. The van der Waals surface area contributed by atoms with Gasteiger partial charge in [-0.2, -0.15) is 15.3 Å². The van der Waals surface area contributed by atoms with Crippen LogP contribution in [0.25, 0.3) is 66.9 Å². The average molecular weight is 1370 g/mol. The lowest BCUT2D eigenvalue weighted by Crippen LogP contribution is -2.31. The third-order valence-electron chi connectivity index (χ3n) is 16.6. The molecule has 28 nitrogen and oxygen atoms in total. The molecule has 0 saturated carbocycles. The molecule has 101 heavy (non-hydrogen) atoms. The van der Waals surface area contributed by atoms with Crippen molar-refractivity contribution >= 4 is 73.1 Å². The molecule has 6 aromatic heterocycles. The summed E-state index contributed by atoms with van der Waals surface area (Å²) in [5, 5.41) is 54.7. The number of aliphatic hydroxyl groups is 4. The van der Waals surface area contributed by atoms with E-state index in [4.69, 9.17) is 48.1 Å². The number of rotatable bonds is 25. The fourth-order valence-corrected chi connectivity index (χ4v) is 11.3. The Morgan fingerprint density at radius 2 is 0.931 bits per heavy atom. The lowest BCUT2D eigenvalue weighted by atomic mass is 10.1. The Kier molecular flexibility index (Phi) is 23.3. The van der Waals surface area contributed by atoms with Crippen molar-refractivity contribution in [2.75, 3.05) is 110 Å². The van der Waals surface area contributed by atoms with E-state index in [-0.39, 0.29) is 45.0 Å². The summed E-state index contributed by atoms with van der Waals surface area (Å²) in [4.78, 5) is 45.5. The van der Waals surface area contributed by atoms with Gasteiger partial charge in [0.2, 0.25) is 5.91 Å². The SMILES string of the molecule is CNC(=O)Cn1cc(-c2cnc3ccc(N(CCO)c4cc(OC)cc(OC)c4)cc3n2)cn1.COc1cc(OC)cc(N(CC(O)CO)c2ccc3ncc(-c4cnn(C)c4)nc3c2)c1.COc1cc(OC)cc(N(CCO)c2ccc3ncc(-c4cnn(C5CCCCO5)c4)nc3c2)c1. The zero-order valence-corrected chi connectivity index (χ0v) is 57.3. The minimum Gasteiger partial charge on any atom is -0.497 e. The monoisotopic (exact) mass is 1370 g/mol. The summed E-state index contributed by atoms with van der Waals surface area (Å²) in [7, 11) is 13.0. The van der Waals surface area contributed by atoms with Crippen LogP contribution in [-0.2, 0) is 23.1 Å². The smallest absolute Gasteiger partial charge is 0.241 e. The van der Waals surface area contributed by atoms with Crippen molar-refractivity contribution in [1.29, 1.82) is 0 Å². The normalized spacial score (nSPS) is 12.9. The number of fused-ring (bicyclic) bond motifs is 3. The maximum Gasteiger partial charge on any atom is 0.241 e. The Balaban J connectivity index is 0.000000153. The van der Waals surface area contributed by atoms with Gasteiger partial charge in [-0.25, -0.2) is 19.6 Å². The van der Waals surface area contributed by atoms with Crippen LogP contribution in [0.15, 0.2) is 165 Å². The average Bonchev–Trinajstić information content (AvgIpc) is 1.50. The van der Waals surface area contributed by atoms with E-state index in [9.17, 15) is 25.2 Å². The van der Waals surface area contributed by atoms with Crippen molar-refractivity contribution in [2.45, 2.75) is 38.1 Å². The molecule has 1 aliphatic heterocycles. The van der Waals surface area contributed by atoms with Gasteiger partial charge >= 0.3 is 0 Å². The van der Waals surface area contributed by atoms with Crippen LogP contribution in [0, 0.1) is 0 Å². The third kappa shape index (κ3) is 17.3. The number of aromatic nitrogens is 12. The third-order valence-corrected chi connectivity index (χ3v) is 16.6. The second-order valence-electron chi connectivity index (χ2n) is 23.2. The summed E-state index contributed by atoms with van der Waals surface area (Å²) in [6.07, 6.45) is 18.2. The number of anilines is 6. The molecular weight excluding hydrogens is 1290 g/mol. The lowest BCUT2D eigenvalue weighted by Gasteiger charge is -2.28. The molecule has 1 amide bonds. The van der Waals surface area contributed by atoms with Gasteiger partial charge < -0.3 is 73.6 Å². The number of hydrogen-bond donors (Lipinski definition) is 5. The van der Waals surface area contributed by atoms with Crippen LogP contribution in [0.2, 0.25) is 0 Å². The van der Waals surface area contributed by atoms with Gasteiger partial charge in [-0.1, -0.05) is 0 Å². The minimum absolute atomic E-state index is 0.0221. The summed E-state index contributed by atoms with van der Waals surface area (Å²) in [6, 6.07) is 33.9. The van der Waals surface area contributed by atoms with Crippen molar-refractivity contribution in [3.8, 4) is 68.3 Å². The van der Waals surface area contributed by atoms with Gasteiger partial charge in [-0.3, -0.25) is 29.1 Å². The summed E-state index contributed by atoms with van der Waals surface area (Å²) in [5.41, 5.74) is 13.9. The molecule has 6 aromatic carbocycles. The van der Waals surface area contributed by atoms with Gasteiger partial charge in [0.1, 0.15) is 47.3 Å². The summed E-state index contributed by atoms with van der Waals surface area (Å²) in [5.74, 6) is 3.72. The number of amides is 1. The number of nitrogens with one attached hydrogen (secondary N) is 1. The van der Waals surface area contributed by atoms with E-state index < -0.39 is 6.10 Å². The van der Waals surface area contributed by atoms with E-state index in [1.807, 2.05) is 136 Å². The van der Waals surface area contributed by atoms with Gasteiger partial charge in [0.15, 0.2) is 0 Å². The maximum atomic E-state index is 11.6. The second kappa shape index (κ2) is 33.3. The molecule has 7 heterocycles. The molecule has 0 spiro atoms. The van der Waals surface area contributed by atoms with Crippen molar-refractivity contribution < 1.29 is 58.4 Å². The molecule has 1 saturated heterocycles. The Morgan fingerprint density at radius 3 is 1.33 bits per heavy atom. The highest BCUT2D eigenvalue weighted by Crippen LogP contribution is 2.38. The number of likely N-dealkylation sites (N-methyl/N-ethyl adjacent to an activating group) is 1. The first-order chi connectivity index (χ1) is 49.2. The highest BCUT2D eigenvalue weighted by Gasteiger charge is 2.22. The van der Waals surface area contributed by atoms with Crippen LogP contribution in [-0.4, -0.2) is 187 Å². The number of ether oxygens (including phenoxy) is 7. The number of nitrogens with zero attached hydrogens (tertiary/aromatic N) is 15. The van der Waals surface area contributed by atoms with E-state index >= 15 is 0 Å². The zero-order chi connectivity index (χ0) is 70.9. The van der Waals surface area contributed by atoms with Crippen LogP contribution in [0.3, 0.4) is 0 Å². The number of methoxy groups -OCH3 is 6. The number of hydrogen-bond acceptors (Lipinski definition) is 24. The first kappa shape index (κ1) is 70.7. The van der Waals surface area contributed by atoms with E-state index in [1.165, 1.54) is 0 Å². The lowest BCUT2D eigenvalue weighted by molar-refractivity contribution is -0.121. The predicted molar refractivity (Wildman–Crippen MR) is 383 cm³/mol. The fraction of sp³-hybridized carbons (Fsp3) is 0.288. The van der Waals surface area contributed by atoms with Gasteiger partial charge in [0.05, 0.1) is 162 Å². The Labute approximate surface area is 582 Å². The van der Waals surface area contributed by atoms with Crippen molar-refractivity contribution in [2.24, 2.45) is 7.05 Å². The highest BCUT2D eigenvalue weighted by atomic mass is 16.5. The number of benzene rings is 6. The van der Waals surface area contributed by atoms with E-state index in [1.54, 1.807) is 115 Å². The molecule has 13 rings (SSSR count). The van der Waals surface area contributed by atoms with Crippen LogP contribution < -0.4 is 48.4 Å². The summed E-state index contributed by atoms with van der Waals surface area (Å²) in [6.45, 7) is 1.37. The molecule has 0 bridgehead atoms. The van der Waals surface area contributed by atoms with E-state index in [0.29, 0.717) is 70.0 Å². The van der Waals surface area contributed by atoms with Gasteiger partial charge in [0, 0.05) is 158 Å². The zero-order valence-electron chi connectivity index (χ0n) is 57.3. The van der Waals surface area contributed by atoms with Crippen LogP contribution in [0.4, 0.5) is 34.1 Å². The van der Waals surface area contributed by atoms with Crippen LogP contribution >= 0.6 is 0 Å². The predicted octanol–water partition coefficient (Wildman–Crippen LogP) is 9.27. The van der Waals surface area contributed by atoms with E-state index in [0.717, 1.165) is 104 Å². The molecule has 0 aliphatic carbocycles. The molecular formula is C73H80N16O12. The molecule has 12 aromatic rings. The highest BCUT2D eigenvalue weighted by molar-refractivity contribution is 5.86. The largest absolute Gasteiger partial charge is 0.497 e. The van der Waals surface area contributed by atoms with Gasteiger partial charge in [-0.15, -0.1) is 0 Å². The Morgan fingerprint density at radius 1 is 0.515 bits per heavy atom. The summed E-state index contributed by atoms with van der Waals surface area (Å²) >= 11 is 0. The quantitative estimate of drug-likeness (QED) is 0.0356. The molecule has 5 N–H and O–H groups in total. The van der Waals surface area contributed by atoms with Crippen LogP contribution in [0.1, 0.15) is 25.5 Å². The molecule has 0 radical (unpaired) electrons. The number of aliphatic hydroxyl groups excluding tert-OH is 4. The molecule has 28 heteroatoms. The molecule has 1 fully saturated rings. The number of aryl methyl sites for hydroxylation is 1. The van der Waals surface area contributed by atoms with Crippen LogP contribution in [0.5, 0.6) is 34.5 Å². The van der Waals surface area contributed by atoms with Gasteiger partial charge in [-0.05, 0) is 73.9 Å². The second-order valence-corrected chi connectivity index (χ2v) is 23.2. The fourth-order valence-electron chi connectivity index (χ4n) is 11.3. The Hall–Kier alpha value is -11.6. The number of carbonyl (C=O) groups excluding carboxylic acids is 1. The summed E-state index contributed by atoms with van der Waals surface area (Å²) < 4.78 is 43.5. The molecule has 524 valence electrons. The van der Waals surface area contributed by atoms with Crippen molar-refractivity contribution in [3.63, 3.8) is 0 Å². The molecule has 2 unspecified atom stereocenters. The molecule has 1 aliphatic rings. The molecule has 2 atom stereocenters. The van der Waals surface area contributed by atoms with Gasteiger partial charge in [0.25, 0.3) is 0 Å². The topological polar surface area (TPSA) is 315 Å². The van der Waals surface area contributed by atoms with Crippen molar-refractivity contribution in [3.05, 3.63) is 165 Å². The minimum atomic E-state index is -0.948. The first-order valence-corrected chi connectivity index (χ1v) is 32.4.